The summed E-state index contributed by atoms with van der Waals surface area (Å²) in [5.41, 5.74) is 0. The lowest BCUT2D eigenvalue weighted by Gasteiger charge is -2.11. The van der Waals surface area contributed by atoms with Crippen molar-refractivity contribution in [1.29, 1.82) is 0 Å². The van der Waals surface area contributed by atoms with Gasteiger partial charge in [0.25, 0.3) is 0 Å². The second-order valence-electron chi connectivity index (χ2n) is 3.70. The minimum Gasteiger partial charge on any atom is -0.377 e. The fourth-order valence-electron chi connectivity index (χ4n) is 1.36. The smallest absolute Gasteiger partial charge is 0.0671 e. The highest BCUT2D eigenvalue weighted by molar-refractivity contribution is 4.73. The third-order valence-corrected chi connectivity index (χ3v) is 2.31. The summed E-state index contributed by atoms with van der Waals surface area (Å²) < 4.78 is 5.40. The molecule has 0 amide bonds. The van der Waals surface area contributed by atoms with Gasteiger partial charge in [-0.15, -0.1) is 0 Å². The zero-order valence-corrected chi connectivity index (χ0v) is 8.31. The number of rotatable bonds is 7. The van der Waals surface area contributed by atoms with Gasteiger partial charge in [0.05, 0.1) is 6.10 Å². The van der Waals surface area contributed by atoms with E-state index in [9.17, 15) is 0 Å². The van der Waals surface area contributed by atoms with Crippen LogP contribution >= 0.6 is 0 Å². The first-order chi connectivity index (χ1) is 5.83. The quantitative estimate of drug-likeness (QED) is 0.590. The average molecular weight is 171 g/mol. The monoisotopic (exact) mass is 171 g/mol. The topological polar surface area (TPSA) is 21.3 Å². The highest BCUT2D eigenvalue weighted by Gasteiger charge is 2.19. The lowest BCUT2D eigenvalue weighted by molar-refractivity contribution is 0.0761. The minimum absolute atomic E-state index is 0.370. The van der Waals surface area contributed by atoms with Gasteiger partial charge in [-0.3, -0.25) is 0 Å². The van der Waals surface area contributed by atoms with Crippen molar-refractivity contribution < 1.29 is 4.74 Å². The molecule has 1 N–H and O–H groups in total. The van der Waals surface area contributed by atoms with Crippen LogP contribution in [0, 0.1) is 5.92 Å². The molecule has 1 aliphatic rings. The second kappa shape index (κ2) is 5.55. The number of hydrogen-bond donors (Lipinski definition) is 1. The van der Waals surface area contributed by atoms with E-state index < -0.39 is 0 Å². The average Bonchev–Trinajstić information content (AvgIpc) is 2.82. The van der Waals surface area contributed by atoms with E-state index in [0.717, 1.165) is 19.1 Å². The Balaban J connectivity index is 1.80. The van der Waals surface area contributed by atoms with Gasteiger partial charge in [0.15, 0.2) is 0 Å². The molecule has 1 rings (SSSR count). The van der Waals surface area contributed by atoms with Gasteiger partial charge in [-0.05, 0) is 32.7 Å². The van der Waals surface area contributed by atoms with Gasteiger partial charge in [0.1, 0.15) is 0 Å². The minimum atomic E-state index is 0.370. The van der Waals surface area contributed by atoms with Crippen LogP contribution in [0.5, 0.6) is 0 Å². The molecule has 1 atom stereocenters. The summed E-state index contributed by atoms with van der Waals surface area (Å²) in [4.78, 5) is 0. The molecular weight excluding hydrogens is 150 g/mol. The molecule has 0 aromatic rings. The molecule has 1 fully saturated rings. The van der Waals surface area contributed by atoms with E-state index in [1.54, 1.807) is 0 Å². The van der Waals surface area contributed by atoms with Crippen molar-refractivity contribution >= 4 is 0 Å². The fourth-order valence-corrected chi connectivity index (χ4v) is 1.36. The number of hydrogen-bond acceptors (Lipinski definition) is 2. The van der Waals surface area contributed by atoms with Crippen LogP contribution in [-0.2, 0) is 4.74 Å². The molecule has 1 unspecified atom stereocenters. The van der Waals surface area contributed by atoms with Crippen LogP contribution in [0.1, 0.15) is 33.1 Å². The molecular formula is C10H21NO. The van der Waals surface area contributed by atoms with Crippen LogP contribution in [0.15, 0.2) is 0 Å². The lowest BCUT2D eigenvalue weighted by atomic mass is 10.3. The van der Waals surface area contributed by atoms with E-state index in [4.69, 9.17) is 4.74 Å². The van der Waals surface area contributed by atoms with Crippen molar-refractivity contribution in [3.63, 3.8) is 0 Å². The molecule has 1 aliphatic carbocycles. The maximum atomic E-state index is 5.40. The molecule has 0 aromatic heterocycles. The lowest BCUT2D eigenvalue weighted by Crippen LogP contribution is -2.27. The van der Waals surface area contributed by atoms with E-state index in [1.807, 2.05) is 6.92 Å². The molecule has 0 aromatic carbocycles. The van der Waals surface area contributed by atoms with Crippen molar-refractivity contribution in [2.24, 2.45) is 5.92 Å². The van der Waals surface area contributed by atoms with E-state index in [-0.39, 0.29) is 0 Å². The third kappa shape index (κ3) is 4.73. The Labute approximate surface area is 75.7 Å². The largest absolute Gasteiger partial charge is 0.377 e. The Kier molecular flexibility index (Phi) is 4.62. The molecule has 12 heavy (non-hydrogen) atoms. The molecule has 2 nitrogen and oxygen atoms in total. The zero-order valence-electron chi connectivity index (χ0n) is 8.31. The summed E-state index contributed by atoms with van der Waals surface area (Å²) in [6.45, 7) is 7.16. The Morgan fingerprint density at radius 2 is 2.25 bits per heavy atom. The molecule has 0 radical (unpaired) electrons. The van der Waals surface area contributed by atoms with Crippen LogP contribution in [0.4, 0.5) is 0 Å². The van der Waals surface area contributed by atoms with E-state index in [2.05, 4.69) is 12.2 Å². The summed E-state index contributed by atoms with van der Waals surface area (Å²) in [6, 6.07) is 0. The summed E-state index contributed by atoms with van der Waals surface area (Å²) in [7, 11) is 0. The first-order valence-electron chi connectivity index (χ1n) is 5.15. The predicted octanol–water partition coefficient (Wildman–Crippen LogP) is 1.80. The van der Waals surface area contributed by atoms with Gasteiger partial charge in [-0.2, -0.15) is 0 Å². The SMILES string of the molecule is CCOC(C)CNCCC1CC1. The molecule has 2 heteroatoms. The van der Waals surface area contributed by atoms with Crippen LogP contribution in [0.3, 0.4) is 0 Å². The molecule has 0 spiro atoms. The van der Waals surface area contributed by atoms with Gasteiger partial charge >= 0.3 is 0 Å². The maximum Gasteiger partial charge on any atom is 0.0671 e. The Morgan fingerprint density at radius 1 is 1.50 bits per heavy atom. The summed E-state index contributed by atoms with van der Waals surface area (Å²) in [5, 5.41) is 3.42. The molecule has 72 valence electrons. The van der Waals surface area contributed by atoms with E-state index in [1.165, 1.54) is 25.8 Å². The molecule has 1 saturated carbocycles. The third-order valence-electron chi connectivity index (χ3n) is 2.31. The van der Waals surface area contributed by atoms with Crippen LogP contribution in [0.25, 0.3) is 0 Å². The standard InChI is InChI=1S/C10H21NO/c1-3-12-9(2)8-11-7-6-10-4-5-10/h9-11H,3-8H2,1-2H3. The highest BCUT2D eigenvalue weighted by atomic mass is 16.5. The summed E-state index contributed by atoms with van der Waals surface area (Å²) >= 11 is 0. The van der Waals surface area contributed by atoms with Crippen molar-refractivity contribution in [3.8, 4) is 0 Å². The van der Waals surface area contributed by atoms with Gasteiger partial charge in [0.2, 0.25) is 0 Å². The number of nitrogens with one attached hydrogen (secondary N) is 1. The van der Waals surface area contributed by atoms with Crippen LogP contribution in [0.2, 0.25) is 0 Å². The highest BCUT2D eigenvalue weighted by Crippen LogP contribution is 2.31. The normalized spacial score (nSPS) is 19.5. The fraction of sp³-hybridized carbons (Fsp3) is 1.00. The maximum absolute atomic E-state index is 5.40. The molecule has 0 saturated heterocycles. The van der Waals surface area contributed by atoms with Crippen molar-refractivity contribution in [1.82, 2.24) is 5.32 Å². The Hall–Kier alpha value is -0.0800. The van der Waals surface area contributed by atoms with Crippen LogP contribution < -0.4 is 5.32 Å². The molecule has 0 aliphatic heterocycles. The summed E-state index contributed by atoms with van der Waals surface area (Å²) in [5.74, 6) is 1.04. The summed E-state index contributed by atoms with van der Waals surface area (Å²) in [6.07, 6.45) is 4.65. The first kappa shape index (κ1) is 10.0. The van der Waals surface area contributed by atoms with Crippen molar-refractivity contribution in [3.05, 3.63) is 0 Å². The van der Waals surface area contributed by atoms with Gasteiger partial charge in [-0.1, -0.05) is 12.8 Å². The number of ether oxygens (including phenoxy) is 1. The van der Waals surface area contributed by atoms with Crippen molar-refractivity contribution in [2.45, 2.75) is 39.2 Å². The van der Waals surface area contributed by atoms with Gasteiger partial charge in [0, 0.05) is 13.2 Å². The van der Waals surface area contributed by atoms with Crippen LogP contribution in [-0.4, -0.2) is 25.8 Å². The van der Waals surface area contributed by atoms with Gasteiger partial charge < -0.3 is 10.1 Å². The van der Waals surface area contributed by atoms with Crippen molar-refractivity contribution in [2.75, 3.05) is 19.7 Å². The zero-order chi connectivity index (χ0) is 8.81. The predicted molar refractivity (Wildman–Crippen MR) is 51.3 cm³/mol. The molecule has 0 heterocycles. The Morgan fingerprint density at radius 3 is 2.83 bits per heavy atom. The second-order valence-corrected chi connectivity index (χ2v) is 3.70. The van der Waals surface area contributed by atoms with Gasteiger partial charge in [-0.25, -0.2) is 0 Å². The Bertz CT molecular complexity index is 112. The molecule has 0 bridgehead atoms. The van der Waals surface area contributed by atoms with E-state index >= 15 is 0 Å². The first-order valence-corrected chi connectivity index (χ1v) is 5.15. The van der Waals surface area contributed by atoms with E-state index in [0.29, 0.717) is 6.10 Å².